The second-order valence-electron chi connectivity index (χ2n) is 9.07. The number of fused-ring (bicyclic) bond motifs is 1. The van der Waals surface area contributed by atoms with Crippen LogP contribution in [0, 0.1) is 18.8 Å². The molecule has 7 nitrogen and oxygen atoms in total. The molecule has 2 heterocycles. The predicted molar refractivity (Wildman–Crippen MR) is 122 cm³/mol. The average molecular weight is 445 g/mol. The van der Waals surface area contributed by atoms with Gasteiger partial charge < -0.3 is 9.80 Å². The Morgan fingerprint density at radius 1 is 1.23 bits per heavy atom. The van der Waals surface area contributed by atoms with E-state index in [2.05, 4.69) is 16.7 Å². The summed E-state index contributed by atoms with van der Waals surface area (Å²) >= 11 is 0. The van der Waals surface area contributed by atoms with Crippen LogP contribution in [0.5, 0.6) is 0 Å². The molecule has 1 amide bonds. The molecule has 2 fully saturated rings. The van der Waals surface area contributed by atoms with Gasteiger partial charge in [0.2, 0.25) is 11.9 Å². The number of carbonyl (C=O) groups is 1. The summed E-state index contributed by atoms with van der Waals surface area (Å²) in [5, 5.41) is 0.847. The van der Waals surface area contributed by atoms with E-state index in [1.54, 1.807) is 18.2 Å². The molecule has 0 spiro atoms. The van der Waals surface area contributed by atoms with Crippen molar-refractivity contribution in [2.45, 2.75) is 50.8 Å². The van der Waals surface area contributed by atoms with E-state index in [-0.39, 0.29) is 16.7 Å². The summed E-state index contributed by atoms with van der Waals surface area (Å²) in [6, 6.07) is 4.99. The molecule has 1 aliphatic heterocycles. The molecule has 0 N–H and O–H groups in total. The fourth-order valence-corrected chi connectivity index (χ4v) is 5.06. The van der Waals surface area contributed by atoms with Crippen LogP contribution in [0.3, 0.4) is 0 Å². The summed E-state index contributed by atoms with van der Waals surface area (Å²) < 4.78 is 23.9. The number of hydrogen-bond donors (Lipinski definition) is 0. The number of rotatable bonds is 7. The zero-order chi connectivity index (χ0) is 22.2. The maximum Gasteiger partial charge on any atom is 0.227 e. The number of benzene rings is 1. The summed E-state index contributed by atoms with van der Waals surface area (Å²) in [7, 11) is -3.31. The first-order valence-electron chi connectivity index (χ1n) is 11.3. The Labute approximate surface area is 184 Å². The lowest BCUT2D eigenvalue weighted by Gasteiger charge is -2.35. The van der Waals surface area contributed by atoms with E-state index >= 15 is 0 Å². The van der Waals surface area contributed by atoms with E-state index in [9.17, 15) is 13.2 Å². The molecule has 8 heteroatoms. The number of aryl methyl sites for hydroxylation is 1. The van der Waals surface area contributed by atoms with Crippen LogP contribution in [0.4, 0.5) is 5.95 Å². The third-order valence-corrected chi connectivity index (χ3v) is 7.42. The minimum atomic E-state index is -3.31. The van der Waals surface area contributed by atoms with Crippen molar-refractivity contribution in [3.63, 3.8) is 0 Å². The quantitative estimate of drug-likeness (QED) is 0.652. The summed E-state index contributed by atoms with van der Waals surface area (Å²) in [6.45, 7) is 7.17. The first-order valence-corrected chi connectivity index (χ1v) is 13.2. The summed E-state index contributed by atoms with van der Waals surface area (Å²) in [5.74, 6) is 1.49. The fourth-order valence-electron chi connectivity index (χ4n) is 4.42. The third-order valence-electron chi connectivity index (χ3n) is 6.31. The van der Waals surface area contributed by atoms with Gasteiger partial charge in [-0.05, 0) is 63.1 Å². The number of hydrogen-bond acceptors (Lipinski definition) is 6. The average Bonchev–Trinajstić information content (AvgIpc) is 3.56. The number of aromatic nitrogens is 2. The monoisotopic (exact) mass is 444 g/mol. The van der Waals surface area contributed by atoms with Crippen molar-refractivity contribution >= 4 is 32.6 Å². The highest BCUT2D eigenvalue weighted by atomic mass is 32.2. The first-order chi connectivity index (χ1) is 14.8. The molecule has 1 saturated carbocycles. The van der Waals surface area contributed by atoms with E-state index in [1.165, 1.54) is 19.1 Å². The predicted octanol–water partition coefficient (Wildman–Crippen LogP) is 3.21. The smallest absolute Gasteiger partial charge is 0.227 e. The van der Waals surface area contributed by atoms with Crippen molar-refractivity contribution in [2.75, 3.05) is 37.3 Å². The number of anilines is 1. The van der Waals surface area contributed by atoms with Crippen molar-refractivity contribution < 1.29 is 13.2 Å². The van der Waals surface area contributed by atoms with Crippen molar-refractivity contribution in [2.24, 2.45) is 11.8 Å². The van der Waals surface area contributed by atoms with Crippen LogP contribution in [-0.2, 0) is 14.6 Å². The van der Waals surface area contributed by atoms with Crippen molar-refractivity contribution in [1.29, 1.82) is 0 Å². The highest BCUT2D eigenvalue weighted by Crippen LogP contribution is 2.31. The lowest BCUT2D eigenvalue weighted by atomic mass is 9.96. The van der Waals surface area contributed by atoms with Crippen molar-refractivity contribution in [1.82, 2.24) is 14.9 Å². The van der Waals surface area contributed by atoms with Gasteiger partial charge in [0.25, 0.3) is 0 Å². The minimum Gasteiger partial charge on any atom is -0.342 e. The molecule has 1 aliphatic carbocycles. The van der Waals surface area contributed by atoms with E-state index in [0.29, 0.717) is 23.9 Å². The molecule has 168 valence electrons. The fraction of sp³-hybridized carbons (Fsp3) is 0.609. The van der Waals surface area contributed by atoms with Crippen molar-refractivity contribution in [3.8, 4) is 0 Å². The number of sulfone groups is 1. The summed E-state index contributed by atoms with van der Waals surface area (Å²) in [6.07, 6.45) is 6.47. The van der Waals surface area contributed by atoms with Crippen LogP contribution in [0.2, 0.25) is 0 Å². The second kappa shape index (κ2) is 8.73. The topological polar surface area (TPSA) is 83.5 Å². The number of nitrogens with zero attached hydrogens (tertiary/aromatic N) is 4. The van der Waals surface area contributed by atoms with Gasteiger partial charge >= 0.3 is 0 Å². The minimum absolute atomic E-state index is 0.0407. The Morgan fingerprint density at radius 2 is 2.00 bits per heavy atom. The maximum atomic E-state index is 13.3. The van der Waals surface area contributed by atoms with E-state index in [0.717, 1.165) is 50.0 Å². The molecule has 2 aliphatic rings. The highest BCUT2D eigenvalue weighted by Gasteiger charge is 2.33. The lowest BCUT2D eigenvalue weighted by Crippen LogP contribution is -2.46. The molecule has 0 bridgehead atoms. The van der Waals surface area contributed by atoms with Crippen molar-refractivity contribution in [3.05, 3.63) is 23.9 Å². The van der Waals surface area contributed by atoms with Gasteiger partial charge in [0.1, 0.15) is 0 Å². The van der Waals surface area contributed by atoms with Crippen LogP contribution < -0.4 is 4.90 Å². The Morgan fingerprint density at radius 3 is 2.68 bits per heavy atom. The summed E-state index contributed by atoms with van der Waals surface area (Å²) in [4.78, 5) is 27.0. The van der Waals surface area contributed by atoms with Gasteiger partial charge in [-0.15, -0.1) is 0 Å². The molecular formula is C23H32N4O3S. The van der Waals surface area contributed by atoms with Crippen LogP contribution in [0.1, 0.15) is 44.7 Å². The van der Waals surface area contributed by atoms with Gasteiger partial charge in [0, 0.05) is 37.8 Å². The van der Waals surface area contributed by atoms with Crippen LogP contribution in [0.15, 0.2) is 23.1 Å². The first kappa shape index (κ1) is 22.0. The Hall–Kier alpha value is -2.22. The number of carbonyl (C=O) groups excluding carboxylic acids is 1. The van der Waals surface area contributed by atoms with Gasteiger partial charge in [-0.2, -0.15) is 0 Å². The molecular weight excluding hydrogens is 412 g/mol. The van der Waals surface area contributed by atoms with Gasteiger partial charge in [-0.25, -0.2) is 18.4 Å². The largest absolute Gasteiger partial charge is 0.342 e. The van der Waals surface area contributed by atoms with Crippen LogP contribution in [0.25, 0.3) is 10.9 Å². The molecule has 1 atom stereocenters. The zero-order valence-corrected chi connectivity index (χ0v) is 19.5. The van der Waals surface area contributed by atoms with Gasteiger partial charge in [-0.1, -0.05) is 6.92 Å². The number of piperidine rings is 1. The molecule has 31 heavy (non-hydrogen) atoms. The highest BCUT2D eigenvalue weighted by molar-refractivity contribution is 7.90. The zero-order valence-electron chi connectivity index (χ0n) is 18.7. The Bertz CT molecular complexity index is 1080. The second-order valence-corrected chi connectivity index (χ2v) is 11.1. The van der Waals surface area contributed by atoms with Gasteiger partial charge in [-0.3, -0.25) is 4.79 Å². The van der Waals surface area contributed by atoms with E-state index in [1.807, 2.05) is 6.92 Å². The van der Waals surface area contributed by atoms with Gasteiger partial charge in [0.15, 0.2) is 9.84 Å². The third kappa shape index (κ3) is 5.00. The molecule has 2 aromatic rings. The van der Waals surface area contributed by atoms with Crippen LogP contribution in [-0.4, -0.2) is 61.6 Å². The van der Waals surface area contributed by atoms with E-state index in [4.69, 9.17) is 9.97 Å². The Kier molecular flexibility index (Phi) is 6.19. The molecule has 4 rings (SSSR count). The molecule has 0 radical (unpaired) electrons. The molecule has 1 aromatic carbocycles. The molecule has 1 aromatic heterocycles. The standard InChI is InChI=1S/C23H32N4O3S/c1-4-11-26(14-17-7-8-17)22(28)18-6-5-12-27(15-18)23-24-16(2)20-10-9-19(31(3,29)30)13-21(20)25-23/h9-10,13,17-18H,4-8,11-12,14-15H2,1-3H3/t18-/m0/s1. The summed E-state index contributed by atoms with van der Waals surface area (Å²) in [5.41, 5.74) is 1.44. The normalized spacial score (nSPS) is 19.6. The van der Waals surface area contributed by atoms with Crippen LogP contribution >= 0.6 is 0 Å². The maximum absolute atomic E-state index is 13.3. The lowest BCUT2D eigenvalue weighted by molar-refractivity contribution is -0.136. The number of amides is 1. The molecule has 1 saturated heterocycles. The Balaban J connectivity index is 1.57. The molecule has 0 unspecified atom stereocenters. The SMILES string of the molecule is CCCN(CC1CC1)C(=O)[C@H]1CCCN(c2nc(C)c3ccc(S(C)(=O)=O)cc3n2)C1. The van der Waals surface area contributed by atoms with Gasteiger partial charge in [0.05, 0.1) is 22.0 Å². The van der Waals surface area contributed by atoms with E-state index < -0.39 is 9.84 Å².